The summed E-state index contributed by atoms with van der Waals surface area (Å²) in [5, 5.41) is 7.88. The average Bonchev–Trinajstić information content (AvgIpc) is 2.31. The SMILES string of the molecule is CN(C)CCn1ncc(N)n1. The Kier molecular flexibility index (Phi) is 2.43. The first kappa shape index (κ1) is 8.00. The molecular formula is C6H13N5. The van der Waals surface area contributed by atoms with Crippen molar-refractivity contribution in [1.29, 1.82) is 0 Å². The smallest absolute Gasteiger partial charge is 0.165 e. The highest BCUT2D eigenvalue weighted by atomic mass is 15.5. The number of hydrogen-bond donors (Lipinski definition) is 1. The number of anilines is 1. The molecule has 0 fully saturated rings. The van der Waals surface area contributed by atoms with Crippen molar-refractivity contribution < 1.29 is 0 Å². The molecule has 0 saturated carbocycles. The summed E-state index contributed by atoms with van der Waals surface area (Å²) in [6.45, 7) is 1.71. The predicted molar refractivity (Wildman–Crippen MR) is 43.0 cm³/mol. The zero-order valence-corrected chi connectivity index (χ0v) is 6.86. The summed E-state index contributed by atoms with van der Waals surface area (Å²) in [7, 11) is 4.01. The molecule has 0 spiro atoms. The molecule has 0 atom stereocenters. The molecule has 1 aromatic heterocycles. The molecule has 0 saturated heterocycles. The Morgan fingerprint density at radius 3 is 2.82 bits per heavy atom. The Morgan fingerprint density at radius 2 is 2.36 bits per heavy atom. The van der Waals surface area contributed by atoms with Crippen molar-refractivity contribution >= 4 is 5.82 Å². The molecule has 1 aromatic rings. The highest BCUT2D eigenvalue weighted by molar-refractivity contribution is 5.19. The standard InChI is InChI=1S/C6H13N5/c1-10(2)3-4-11-8-5-6(7)9-11/h5H,3-4H2,1-2H3,(H2,7,9). The number of nitrogen functional groups attached to an aromatic ring is 1. The minimum absolute atomic E-state index is 0.476. The normalized spacial score (nSPS) is 10.8. The molecule has 1 rings (SSSR count). The molecule has 0 aliphatic heterocycles. The van der Waals surface area contributed by atoms with E-state index in [9.17, 15) is 0 Å². The van der Waals surface area contributed by atoms with Gasteiger partial charge in [-0.1, -0.05) is 0 Å². The summed E-state index contributed by atoms with van der Waals surface area (Å²) in [4.78, 5) is 3.66. The van der Waals surface area contributed by atoms with Crippen LogP contribution in [0.1, 0.15) is 0 Å². The van der Waals surface area contributed by atoms with Gasteiger partial charge in [-0.3, -0.25) is 0 Å². The van der Waals surface area contributed by atoms with Crippen molar-refractivity contribution in [3.63, 3.8) is 0 Å². The van der Waals surface area contributed by atoms with Gasteiger partial charge in [-0.25, -0.2) is 0 Å². The van der Waals surface area contributed by atoms with Gasteiger partial charge in [-0.2, -0.15) is 9.90 Å². The highest BCUT2D eigenvalue weighted by Crippen LogP contribution is 1.90. The van der Waals surface area contributed by atoms with E-state index >= 15 is 0 Å². The molecular weight excluding hydrogens is 142 g/mol. The van der Waals surface area contributed by atoms with Crippen molar-refractivity contribution in [2.45, 2.75) is 6.54 Å². The maximum Gasteiger partial charge on any atom is 0.165 e. The maximum absolute atomic E-state index is 5.38. The Balaban J connectivity index is 2.39. The largest absolute Gasteiger partial charge is 0.381 e. The summed E-state index contributed by atoms with van der Waals surface area (Å²) >= 11 is 0. The van der Waals surface area contributed by atoms with Crippen LogP contribution in [-0.2, 0) is 6.54 Å². The van der Waals surface area contributed by atoms with Crippen LogP contribution in [0.2, 0.25) is 0 Å². The third-order valence-corrected chi connectivity index (χ3v) is 1.30. The van der Waals surface area contributed by atoms with Gasteiger partial charge in [-0.15, -0.1) is 5.10 Å². The minimum Gasteiger partial charge on any atom is -0.381 e. The van der Waals surface area contributed by atoms with E-state index in [1.807, 2.05) is 14.1 Å². The molecule has 62 valence electrons. The fourth-order valence-electron chi connectivity index (χ4n) is 0.708. The number of nitrogens with two attached hydrogens (primary N) is 1. The van der Waals surface area contributed by atoms with Crippen LogP contribution in [0.4, 0.5) is 5.82 Å². The summed E-state index contributed by atoms with van der Waals surface area (Å²) in [5.74, 6) is 0.476. The lowest BCUT2D eigenvalue weighted by Gasteiger charge is -2.07. The third-order valence-electron chi connectivity index (χ3n) is 1.30. The molecule has 1 heterocycles. The van der Waals surface area contributed by atoms with Crippen LogP contribution in [-0.4, -0.2) is 40.5 Å². The first-order chi connectivity index (χ1) is 5.18. The Morgan fingerprint density at radius 1 is 1.64 bits per heavy atom. The van der Waals surface area contributed by atoms with E-state index in [1.54, 1.807) is 11.0 Å². The van der Waals surface area contributed by atoms with Crippen molar-refractivity contribution in [1.82, 2.24) is 19.9 Å². The van der Waals surface area contributed by atoms with Crippen LogP contribution in [0.25, 0.3) is 0 Å². The van der Waals surface area contributed by atoms with Gasteiger partial charge in [0.1, 0.15) is 0 Å². The van der Waals surface area contributed by atoms with Gasteiger partial charge in [0.15, 0.2) is 5.82 Å². The molecule has 0 radical (unpaired) electrons. The van der Waals surface area contributed by atoms with Crippen LogP contribution in [0.5, 0.6) is 0 Å². The fourth-order valence-corrected chi connectivity index (χ4v) is 0.708. The molecule has 0 bridgehead atoms. The first-order valence-corrected chi connectivity index (χ1v) is 3.49. The Hall–Kier alpha value is -1.10. The van der Waals surface area contributed by atoms with Crippen LogP contribution >= 0.6 is 0 Å². The number of hydrogen-bond acceptors (Lipinski definition) is 4. The number of likely N-dealkylation sites (N-methyl/N-ethyl adjacent to an activating group) is 1. The molecule has 5 heteroatoms. The highest BCUT2D eigenvalue weighted by Gasteiger charge is 1.95. The second-order valence-electron chi connectivity index (χ2n) is 2.67. The van der Waals surface area contributed by atoms with Crippen molar-refractivity contribution in [3.8, 4) is 0 Å². The summed E-state index contributed by atoms with van der Waals surface area (Å²) in [6, 6.07) is 0. The fraction of sp³-hybridized carbons (Fsp3) is 0.667. The van der Waals surface area contributed by atoms with Crippen molar-refractivity contribution in [3.05, 3.63) is 6.20 Å². The van der Waals surface area contributed by atoms with E-state index in [4.69, 9.17) is 5.73 Å². The average molecular weight is 155 g/mol. The number of nitrogens with zero attached hydrogens (tertiary/aromatic N) is 4. The van der Waals surface area contributed by atoms with E-state index in [2.05, 4.69) is 15.1 Å². The molecule has 0 aliphatic carbocycles. The molecule has 0 aromatic carbocycles. The lowest BCUT2D eigenvalue weighted by atomic mass is 10.6. The molecule has 11 heavy (non-hydrogen) atoms. The van der Waals surface area contributed by atoms with Crippen LogP contribution in [0, 0.1) is 0 Å². The van der Waals surface area contributed by atoms with Crippen molar-refractivity contribution in [2.24, 2.45) is 0 Å². The van der Waals surface area contributed by atoms with Crippen LogP contribution in [0.3, 0.4) is 0 Å². The summed E-state index contributed by atoms with van der Waals surface area (Å²) in [6.07, 6.45) is 1.55. The zero-order valence-electron chi connectivity index (χ0n) is 6.86. The zero-order chi connectivity index (χ0) is 8.27. The molecule has 0 amide bonds. The van der Waals surface area contributed by atoms with E-state index in [1.165, 1.54) is 0 Å². The van der Waals surface area contributed by atoms with Gasteiger partial charge in [0.05, 0.1) is 12.7 Å². The van der Waals surface area contributed by atoms with Gasteiger partial charge in [0.25, 0.3) is 0 Å². The second kappa shape index (κ2) is 3.34. The Labute approximate surface area is 65.8 Å². The van der Waals surface area contributed by atoms with E-state index in [-0.39, 0.29) is 0 Å². The van der Waals surface area contributed by atoms with E-state index < -0.39 is 0 Å². The number of rotatable bonds is 3. The first-order valence-electron chi connectivity index (χ1n) is 3.49. The van der Waals surface area contributed by atoms with Gasteiger partial charge in [0.2, 0.25) is 0 Å². The third kappa shape index (κ3) is 2.55. The summed E-state index contributed by atoms with van der Waals surface area (Å²) in [5.41, 5.74) is 5.38. The minimum atomic E-state index is 0.476. The lowest BCUT2D eigenvalue weighted by Crippen LogP contribution is -2.19. The van der Waals surface area contributed by atoms with E-state index in [0.717, 1.165) is 13.1 Å². The maximum atomic E-state index is 5.38. The van der Waals surface area contributed by atoms with Crippen molar-refractivity contribution in [2.75, 3.05) is 26.4 Å². The monoisotopic (exact) mass is 155 g/mol. The Bertz CT molecular complexity index is 217. The molecule has 0 unspecified atom stereocenters. The topological polar surface area (TPSA) is 60.0 Å². The molecule has 0 aliphatic rings. The quantitative estimate of drug-likeness (QED) is 0.634. The van der Waals surface area contributed by atoms with Gasteiger partial charge in [0, 0.05) is 6.54 Å². The molecule has 5 nitrogen and oxygen atoms in total. The number of aromatic nitrogens is 3. The lowest BCUT2D eigenvalue weighted by molar-refractivity contribution is 0.358. The summed E-state index contributed by atoms with van der Waals surface area (Å²) < 4.78 is 0. The second-order valence-corrected chi connectivity index (χ2v) is 2.67. The van der Waals surface area contributed by atoms with Gasteiger partial charge < -0.3 is 10.6 Å². The van der Waals surface area contributed by atoms with Gasteiger partial charge >= 0.3 is 0 Å². The van der Waals surface area contributed by atoms with Crippen LogP contribution in [0.15, 0.2) is 6.20 Å². The molecule has 2 N–H and O–H groups in total. The van der Waals surface area contributed by atoms with Crippen LogP contribution < -0.4 is 5.73 Å². The van der Waals surface area contributed by atoms with E-state index in [0.29, 0.717) is 5.82 Å². The predicted octanol–water partition coefficient (Wildman–Crippen LogP) is -0.578. The van der Waals surface area contributed by atoms with Gasteiger partial charge in [-0.05, 0) is 14.1 Å².